The Morgan fingerprint density at radius 3 is 2.38 bits per heavy atom. The number of rotatable bonds is 5. The smallest absolute Gasteiger partial charge is 0.348 e. The molecule has 1 saturated heterocycles. The molecule has 2 aromatic rings. The zero-order valence-corrected chi connectivity index (χ0v) is 20.5. The molecule has 8 heteroatoms. The van der Waals surface area contributed by atoms with Gasteiger partial charge in [-0.25, -0.2) is 13.2 Å². The van der Waals surface area contributed by atoms with E-state index in [0.29, 0.717) is 24.8 Å². The summed E-state index contributed by atoms with van der Waals surface area (Å²) in [6.45, 7) is 5.06. The van der Waals surface area contributed by atoms with Crippen molar-refractivity contribution in [3.8, 4) is 0 Å². The van der Waals surface area contributed by atoms with Crippen molar-refractivity contribution >= 4 is 21.8 Å². The van der Waals surface area contributed by atoms with Crippen LogP contribution in [0.2, 0.25) is 0 Å². The molecule has 1 saturated carbocycles. The van der Waals surface area contributed by atoms with Crippen molar-refractivity contribution in [1.82, 2.24) is 4.31 Å². The van der Waals surface area contributed by atoms with E-state index in [4.69, 9.17) is 4.74 Å². The summed E-state index contributed by atoms with van der Waals surface area (Å²) in [5.74, 6) is -1.80. The van der Waals surface area contributed by atoms with E-state index in [0.717, 1.165) is 12.0 Å². The average Bonchev–Trinajstić information content (AvgIpc) is 2.82. The summed E-state index contributed by atoms with van der Waals surface area (Å²) in [4.78, 5) is 27.3. The molecule has 2 aliphatic rings. The van der Waals surface area contributed by atoms with Gasteiger partial charge in [-0.3, -0.25) is 4.79 Å². The summed E-state index contributed by atoms with van der Waals surface area (Å²) in [6, 6.07) is 12.7. The number of sulfonamides is 1. The van der Waals surface area contributed by atoms with Crippen LogP contribution >= 0.6 is 0 Å². The Hall–Kier alpha value is -2.55. The van der Waals surface area contributed by atoms with Gasteiger partial charge >= 0.3 is 5.97 Å². The Bertz CT molecular complexity index is 1180. The predicted molar refractivity (Wildman–Crippen MR) is 126 cm³/mol. The van der Waals surface area contributed by atoms with Crippen LogP contribution in [0.25, 0.3) is 0 Å². The van der Waals surface area contributed by atoms with Gasteiger partial charge < -0.3 is 9.84 Å². The Labute approximate surface area is 200 Å². The van der Waals surface area contributed by atoms with Crippen LogP contribution < -0.4 is 0 Å². The van der Waals surface area contributed by atoms with E-state index in [1.165, 1.54) is 16.4 Å². The highest BCUT2D eigenvalue weighted by molar-refractivity contribution is 7.89. The summed E-state index contributed by atoms with van der Waals surface area (Å²) in [5.41, 5.74) is -2.66. The molecule has 0 radical (unpaired) electrons. The average molecular weight is 486 g/mol. The molecule has 1 aliphatic heterocycles. The van der Waals surface area contributed by atoms with Crippen molar-refractivity contribution in [2.45, 2.75) is 69.0 Å². The van der Waals surface area contributed by atoms with Crippen LogP contribution in [-0.4, -0.2) is 47.8 Å². The molecule has 0 unspecified atom stereocenters. The molecule has 0 aromatic heterocycles. The lowest BCUT2D eigenvalue weighted by atomic mass is 9.60. The number of ketones is 1. The summed E-state index contributed by atoms with van der Waals surface area (Å²) in [7, 11) is -4.21. The zero-order chi connectivity index (χ0) is 24.7. The Morgan fingerprint density at radius 1 is 1.12 bits per heavy atom. The maximum atomic E-state index is 14.2. The first kappa shape index (κ1) is 24.6. The number of esters is 1. The molecule has 7 nitrogen and oxygen atoms in total. The number of fused-ring (bicyclic) bond motifs is 1. The number of aliphatic hydroxyl groups is 1. The van der Waals surface area contributed by atoms with Crippen LogP contribution in [0.1, 0.15) is 56.7 Å². The number of carbonyl (C=O) groups is 2. The molecule has 4 rings (SSSR count). The first-order valence-electron chi connectivity index (χ1n) is 11.7. The fourth-order valence-electron chi connectivity index (χ4n) is 5.52. The Kier molecular flexibility index (Phi) is 6.44. The number of aryl methyl sites for hydroxylation is 1. The normalized spacial score (nSPS) is 29.9. The SMILES string of the molecule is CCOC(=O)[C@@]1(O)C(=O)[C@]2(C)CCCC[C@H]2N(S(=O)(=O)c2ccc(C)cc2)[C@H]1c1ccccc1. The molecule has 1 N–H and O–H groups in total. The quantitative estimate of drug-likeness (QED) is 0.513. The van der Waals surface area contributed by atoms with E-state index in [-0.39, 0.29) is 11.5 Å². The number of piperidine rings is 1. The van der Waals surface area contributed by atoms with Gasteiger partial charge in [0.25, 0.3) is 0 Å². The van der Waals surface area contributed by atoms with Gasteiger partial charge in [0.2, 0.25) is 15.6 Å². The Morgan fingerprint density at radius 2 is 1.76 bits per heavy atom. The molecule has 1 heterocycles. The minimum absolute atomic E-state index is 0.0486. The van der Waals surface area contributed by atoms with E-state index >= 15 is 0 Å². The van der Waals surface area contributed by atoms with Crippen LogP contribution in [0.5, 0.6) is 0 Å². The molecule has 2 aromatic carbocycles. The van der Waals surface area contributed by atoms with Crippen molar-refractivity contribution in [1.29, 1.82) is 0 Å². The third kappa shape index (κ3) is 3.68. The number of carbonyl (C=O) groups excluding carboxylic acids is 2. The molecule has 34 heavy (non-hydrogen) atoms. The molecular formula is C26H31NO6S. The number of Topliss-reactive ketones (excluding diaryl/α,β-unsaturated/α-hetero) is 1. The lowest BCUT2D eigenvalue weighted by Gasteiger charge is -2.56. The highest BCUT2D eigenvalue weighted by Crippen LogP contribution is 2.55. The van der Waals surface area contributed by atoms with Gasteiger partial charge in [-0.05, 0) is 44.4 Å². The summed E-state index contributed by atoms with van der Waals surface area (Å²) >= 11 is 0. The van der Waals surface area contributed by atoms with Gasteiger partial charge in [0.05, 0.1) is 17.5 Å². The lowest BCUT2D eigenvalue weighted by molar-refractivity contribution is -0.193. The minimum Gasteiger partial charge on any atom is -0.463 e. The van der Waals surface area contributed by atoms with Crippen molar-refractivity contribution in [3.63, 3.8) is 0 Å². The standard InChI is InChI=1S/C26H31NO6S/c1-4-33-24(29)26(30)22(19-10-6-5-7-11-19)27(21-12-8-9-17-25(21,3)23(26)28)34(31,32)20-15-13-18(2)14-16-20/h5-7,10-11,13-16,21-22,30H,4,8-9,12,17H2,1-3H3/t21-,22+,25-,26+/m1/s1. The first-order chi connectivity index (χ1) is 16.1. The molecule has 1 aliphatic carbocycles. The highest BCUT2D eigenvalue weighted by atomic mass is 32.2. The summed E-state index contributed by atoms with van der Waals surface area (Å²) < 4.78 is 34.8. The molecule has 0 spiro atoms. The topological polar surface area (TPSA) is 101 Å². The molecule has 2 fully saturated rings. The fraction of sp³-hybridized carbons (Fsp3) is 0.462. The number of nitrogens with zero attached hydrogens (tertiary/aromatic N) is 1. The number of benzene rings is 2. The predicted octanol–water partition coefficient (Wildman–Crippen LogP) is 3.55. The van der Waals surface area contributed by atoms with Gasteiger partial charge in [-0.1, -0.05) is 67.8 Å². The van der Waals surface area contributed by atoms with Crippen molar-refractivity contribution < 1.29 is 27.9 Å². The Balaban J connectivity index is 2.02. The van der Waals surface area contributed by atoms with Crippen molar-refractivity contribution in [2.75, 3.05) is 6.61 Å². The summed E-state index contributed by atoms with van der Waals surface area (Å²) in [6.07, 6.45) is 2.27. The largest absolute Gasteiger partial charge is 0.463 e. The lowest BCUT2D eigenvalue weighted by Crippen LogP contribution is -2.72. The van der Waals surface area contributed by atoms with E-state index in [2.05, 4.69) is 0 Å². The highest BCUT2D eigenvalue weighted by Gasteiger charge is 2.69. The van der Waals surface area contributed by atoms with Crippen LogP contribution in [0.4, 0.5) is 0 Å². The summed E-state index contributed by atoms with van der Waals surface area (Å²) in [5, 5.41) is 12.0. The third-order valence-electron chi connectivity index (χ3n) is 7.28. The minimum atomic E-state index is -4.21. The first-order valence-corrected chi connectivity index (χ1v) is 13.1. The van der Waals surface area contributed by atoms with Gasteiger partial charge in [0, 0.05) is 11.5 Å². The second-order valence-electron chi connectivity index (χ2n) is 9.46. The molecule has 4 atom stereocenters. The maximum Gasteiger partial charge on any atom is 0.348 e. The molecular weight excluding hydrogens is 454 g/mol. The number of hydrogen-bond acceptors (Lipinski definition) is 6. The third-order valence-corrected chi connectivity index (χ3v) is 9.17. The van der Waals surface area contributed by atoms with E-state index < -0.39 is 44.9 Å². The fourth-order valence-corrected chi connectivity index (χ4v) is 7.47. The molecule has 0 amide bonds. The van der Waals surface area contributed by atoms with E-state index in [9.17, 15) is 23.1 Å². The van der Waals surface area contributed by atoms with Crippen molar-refractivity contribution in [2.24, 2.45) is 5.41 Å². The van der Waals surface area contributed by atoms with Crippen LogP contribution in [0, 0.1) is 12.3 Å². The van der Waals surface area contributed by atoms with Gasteiger partial charge in [-0.15, -0.1) is 0 Å². The van der Waals surface area contributed by atoms with Crippen LogP contribution in [0.3, 0.4) is 0 Å². The molecule has 0 bridgehead atoms. The maximum absolute atomic E-state index is 14.2. The van der Waals surface area contributed by atoms with Gasteiger partial charge in [0.1, 0.15) is 0 Å². The molecule has 182 valence electrons. The van der Waals surface area contributed by atoms with Gasteiger partial charge in [0.15, 0.2) is 5.78 Å². The van der Waals surface area contributed by atoms with E-state index in [1.807, 2.05) is 6.92 Å². The second kappa shape index (κ2) is 8.91. The number of ether oxygens (including phenoxy) is 1. The monoisotopic (exact) mass is 485 g/mol. The zero-order valence-electron chi connectivity index (χ0n) is 19.7. The second-order valence-corrected chi connectivity index (χ2v) is 11.3. The van der Waals surface area contributed by atoms with E-state index in [1.54, 1.807) is 56.3 Å². The van der Waals surface area contributed by atoms with Gasteiger partial charge in [-0.2, -0.15) is 4.31 Å². The van der Waals surface area contributed by atoms with Crippen LogP contribution in [-0.2, 0) is 24.3 Å². The number of hydrogen-bond donors (Lipinski definition) is 1. The van der Waals surface area contributed by atoms with Crippen LogP contribution in [0.15, 0.2) is 59.5 Å². The van der Waals surface area contributed by atoms with Crippen molar-refractivity contribution in [3.05, 3.63) is 65.7 Å².